The molecular weight excluding hydrogens is 323 g/mol. The van der Waals surface area contributed by atoms with Crippen LogP contribution in [0.25, 0.3) is 0 Å². The Balaban J connectivity index is 1.70. The first-order chi connectivity index (χ1) is 11.9. The molecule has 2 aromatic rings. The molecule has 0 heterocycles. The molecule has 25 heavy (non-hydrogen) atoms. The van der Waals surface area contributed by atoms with Gasteiger partial charge in [0, 0.05) is 11.4 Å². The second-order valence-electron chi connectivity index (χ2n) is 5.87. The number of nitrogens with one attached hydrogen (secondary N) is 2. The highest BCUT2D eigenvalue weighted by Crippen LogP contribution is 2.17. The second kappa shape index (κ2) is 8.94. The molecule has 0 bridgehead atoms. The van der Waals surface area contributed by atoms with Gasteiger partial charge in [0.25, 0.3) is 0 Å². The van der Waals surface area contributed by atoms with Gasteiger partial charge in [-0.2, -0.15) is 0 Å². The van der Waals surface area contributed by atoms with Crippen molar-refractivity contribution in [2.45, 2.75) is 19.8 Å². The van der Waals surface area contributed by atoms with Gasteiger partial charge in [0.1, 0.15) is 19.0 Å². The lowest BCUT2D eigenvalue weighted by Gasteiger charge is -2.09. The van der Waals surface area contributed by atoms with Gasteiger partial charge in [-0.1, -0.05) is 26.0 Å². The first kappa shape index (κ1) is 18.6. The summed E-state index contributed by atoms with van der Waals surface area (Å²) in [6.07, 6.45) is 0. The summed E-state index contributed by atoms with van der Waals surface area (Å²) < 4.78 is 17.9. The lowest BCUT2D eigenvalue weighted by molar-refractivity contribution is -0.125. The van der Waals surface area contributed by atoms with E-state index >= 15 is 0 Å². The molecule has 0 saturated carbocycles. The van der Waals surface area contributed by atoms with E-state index in [0.29, 0.717) is 17.3 Å². The molecular formula is C19H21FN2O3. The van der Waals surface area contributed by atoms with Gasteiger partial charge >= 0.3 is 0 Å². The fourth-order valence-electron chi connectivity index (χ4n) is 2.12. The molecule has 0 atom stereocenters. The average molecular weight is 344 g/mol. The van der Waals surface area contributed by atoms with E-state index in [4.69, 9.17) is 4.74 Å². The summed E-state index contributed by atoms with van der Waals surface area (Å²) in [6.45, 7) is 3.69. The molecule has 0 radical (unpaired) electrons. The van der Waals surface area contributed by atoms with Gasteiger partial charge in [-0.15, -0.1) is 0 Å². The third kappa shape index (κ3) is 6.35. The van der Waals surface area contributed by atoms with Gasteiger partial charge in [-0.3, -0.25) is 9.59 Å². The molecule has 2 rings (SSSR count). The number of rotatable bonds is 7. The molecule has 0 aliphatic heterocycles. The van der Waals surface area contributed by atoms with E-state index in [0.717, 1.165) is 0 Å². The summed E-state index contributed by atoms with van der Waals surface area (Å²) in [4.78, 5) is 23.5. The maximum Gasteiger partial charge on any atom is 0.250 e. The zero-order chi connectivity index (χ0) is 18.2. The quantitative estimate of drug-likeness (QED) is 0.807. The Kier molecular flexibility index (Phi) is 6.65. The summed E-state index contributed by atoms with van der Waals surface area (Å²) in [5.74, 6) is -0.715. The minimum atomic E-state index is -0.416. The Morgan fingerprint density at radius 1 is 0.880 bits per heavy atom. The highest BCUT2D eigenvalue weighted by molar-refractivity contribution is 5.93. The highest BCUT2D eigenvalue weighted by Gasteiger charge is 2.07. The van der Waals surface area contributed by atoms with Crippen LogP contribution in [-0.4, -0.2) is 25.0 Å². The van der Waals surface area contributed by atoms with Crippen molar-refractivity contribution in [3.63, 3.8) is 0 Å². The Morgan fingerprint density at radius 2 is 1.32 bits per heavy atom. The molecule has 5 nitrogen and oxygen atoms in total. The van der Waals surface area contributed by atoms with Crippen LogP contribution >= 0.6 is 0 Å². The molecule has 2 aromatic carbocycles. The average Bonchev–Trinajstić information content (AvgIpc) is 2.57. The zero-order valence-corrected chi connectivity index (χ0v) is 14.2. The van der Waals surface area contributed by atoms with Gasteiger partial charge in [-0.05, 0) is 47.9 Å². The number of halogens is 1. The fourth-order valence-corrected chi connectivity index (χ4v) is 2.12. The van der Waals surface area contributed by atoms with E-state index < -0.39 is 5.91 Å². The number of carbonyl (C=O) groups is 2. The van der Waals surface area contributed by atoms with Crippen LogP contribution in [0.1, 0.15) is 25.3 Å². The normalized spacial score (nSPS) is 10.6. The maximum atomic E-state index is 12.8. The van der Waals surface area contributed by atoms with Crippen LogP contribution in [0, 0.1) is 5.82 Å². The number of benzene rings is 2. The van der Waals surface area contributed by atoms with Gasteiger partial charge in [-0.25, -0.2) is 4.39 Å². The number of anilines is 2. The molecule has 0 aliphatic rings. The van der Waals surface area contributed by atoms with Crippen LogP contribution in [0.5, 0.6) is 0 Å². The standard InChI is InChI=1S/C19H21FN2O3/c1-13(2)14-3-7-16(8-4-14)21-18(23)11-25-12-19(24)22-17-9-5-15(20)6-10-17/h3-10,13H,11-12H2,1-2H3,(H,21,23)(H,22,24). The first-order valence-corrected chi connectivity index (χ1v) is 7.97. The fraction of sp³-hybridized carbons (Fsp3) is 0.263. The predicted molar refractivity (Wildman–Crippen MR) is 95.0 cm³/mol. The zero-order valence-electron chi connectivity index (χ0n) is 14.2. The molecule has 0 fully saturated rings. The van der Waals surface area contributed by atoms with E-state index in [1.807, 2.05) is 24.3 Å². The van der Waals surface area contributed by atoms with Crippen LogP contribution in [0.3, 0.4) is 0 Å². The summed E-state index contributed by atoms with van der Waals surface area (Å²) in [7, 11) is 0. The summed E-state index contributed by atoms with van der Waals surface area (Å²) in [5, 5.41) is 5.25. The largest absolute Gasteiger partial charge is 0.362 e. The van der Waals surface area contributed by atoms with E-state index in [1.54, 1.807) is 0 Å². The van der Waals surface area contributed by atoms with Crippen LogP contribution in [0.2, 0.25) is 0 Å². The maximum absolute atomic E-state index is 12.8. The minimum absolute atomic E-state index is 0.233. The molecule has 6 heteroatoms. The number of amides is 2. The van der Waals surface area contributed by atoms with Crippen molar-refractivity contribution in [2.75, 3.05) is 23.8 Å². The Bertz CT molecular complexity index is 712. The van der Waals surface area contributed by atoms with Crippen LogP contribution < -0.4 is 10.6 Å². The molecule has 0 aliphatic carbocycles. The van der Waals surface area contributed by atoms with Gasteiger partial charge in [0.05, 0.1) is 0 Å². The van der Waals surface area contributed by atoms with Crippen LogP contribution in [-0.2, 0) is 14.3 Å². The van der Waals surface area contributed by atoms with Gasteiger partial charge < -0.3 is 15.4 Å². The minimum Gasteiger partial charge on any atom is -0.362 e. The highest BCUT2D eigenvalue weighted by atomic mass is 19.1. The summed E-state index contributed by atoms with van der Waals surface area (Å²) >= 11 is 0. The Morgan fingerprint density at radius 3 is 1.76 bits per heavy atom. The first-order valence-electron chi connectivity index (χ1n) is 7.97. The van der Waals surface area contributed by atoms with Gasteiger partial charge in [0.2, 0.25) is 11.8 Å². The lowest BCUT2D eigenvalue weighted by atomic mass is 10.0. The van der Waals surface area contributed by atoms with Crippen molar-refractivity contribution in [1.82, 2.24) is 0 Å². The van der Waals surface area contributed by atoms with Crippen molar-refractivity contribution in [3.8, 4) is 0 Å². The van der Waals surface area contributed by atoms with Crippen LogP contribution in [0.4, 0.5) is 15.8 Å². The molecule has 0 saturated heterocycles. The third-order valence-electron chi connectivity index (χ3n) is 3.46. The number of carbonyl (C=O) groups excluding carboxylic acids is 2. The molecule has 0 unspecified atom stereocenters. The predicted octanol–water partition coefficient (Wildman–Crippen LogP) is 3.54. The molecule has 2 amide bonds. The second-order valence-corrected chi connectivity index (χ2v) is 5.87. The van der Waals surface area contributed by atoms with Crippen LogP contribution in [0.15, 0.2) is 48.5 Å². The topological polar surface area (TPSA) is 67.4 Å². The van der Waals surface area contributed by atoms with Crippen molar-refractivity contribution in [1.29, 1.82) is 0 Å². The van der Waals surface area contributed by atoms with Crippen molar-refractivity contribution < 1.29 is 18.7 Å². The number of hydrogen-bond acceptors (Lipinski definition) is 3. The van der Waals surface area contributed by atoms with E-state index in [1.165, 1.54) is 29.8 Å². The number of ether oxygens (including phenoxy) is 1. The van der Waals surface area contributed by atoms with Crippen molar-refractivity contribution >= 4 is 23.2 Å². The molecule has 132 valence electrons. The summed E-state index contributed by atoms with van der Waals surface area (Å²) in [6, 6.07) is 12.9. The molecule has 0 aromatic heterocycles. The summed E-state index contributed by atoms with van der Waals surface area (Å²) in [5.41, 5.74) is 2.32. The SMILES string of the molecule is CC(C)c1ccc(NC(=O)COCC(=O)Nc2ccc(F)cc2)cc1. The van der Waals surface area contributed by atoms with E-state index in [2.05, 4.69) is 24.5 Å². The lowest BCUT2D eigenvalue weighted by Crippen LogP contribution is -2.23. The Hall–Kier alpha value is -2.73. The van der Waals surface area contributed by atoms with E-state index in [-0.39, 0.29) is 24.9 Å². The number of hydrogen-bond donors (Lipinski definition) is 2. The van der Waals surface area contributed by atoms with Gasteiger partial charge in [0.15, 0.2) is 0 Å². The smallest absolute Gasteiger partial charge is 0.250 e. The third-order valence-corrected chi connectivity index (χ3v) is 3.46. The van der Waals surface area contributed by atoms with Crippen molar-refractivity contribution in [2.24, 2.45) is 0 Å². The monoisotopic (exact) mass is 344 g/mol. The van der Waals surface area contributed by atoms with Crippen molar-refractivity contribution in [3.05, 3.63) is 59.9 Å². The molecule has 0 spiro atoms. The Labute approximate surface area is 146 Å². The van der Waals surface area contributed by atoms with E-state index in [9.17, 15) is 14.0 Å². The molecule has 2 N–H and O–H groups in total.